The minimum atomic E-state index is 0.332. The summed E-state index contributed by atoms with van der Waals surface area (Å²) < 4.78 is 0. The Bertz CT molecular complexity index is 189. The molecule has 1 aliphatic carbocycles. The first-order valence-electron chi connectivity index (χ1n) is 4.96. The molecule has 0 N–H and O–H groups in total. The van der Waals surface area contributed by atoms with Gasteiger partial charge in [-0.2, -0.15) is 0 Å². The molecule has 0 radical (unpaired) electrons. The summed E-state index contributed by atoms with van der Waals surface area (Å²) in [7, 11) is 0. The van der Waals surface area contributed by atoms with Crippen LogP contribution in [0, 0.1) is 5.41 Å². The summed E-state index contributed by atoms with van der Waals surface area (Å²) in [5, 5.41) is 0. The van der Waals surface area contributed by atoms with Gasteiger partial charge in [0.05, 0.1) is 0 Å². The Hall–Kier alpha value is -0.520. The summed E-state index contributed by atoms with van der Waals surface area (Å²) in [4.78, 5) is 0. The van der Waals surface area contributed by atoms with Crippen LogP contribution >= 0.6 is 0 Å². The largest absolute Gasteiger partial charge is 0.0813 e. The van der Waals surface area contributed by atoms with Crippen LogP contribution in [0.1, 0.15) is 46.5 Å². The minimum absolute atomic E-state index is 0.332. The zero-order valence-electron chi connectivity index (χ0n) is 8.56. The highest BCUT2D eigenvalue weighted by atomic mass is 14.1. The topological polar surface area (TPSA) is 0 Å². The van der Waals surface area contributed by atoms with Crippen molar-refractivity contribution in [1.29, 1.82) is 0 Å². The molecule has 0 aromatic rings. The molecule has 0 aromatic carbocycles. The summed E-state index contributed by atoms with van der Waals surface area (Å²) >= 11 is 0. The number of hydrogen-bond donors (Lipinski definition) is 0. The Morgan fingerprint density at radius 1 is 1.25 bits per heavy atom. The molecule has 0 saturated carbocycles. The van der Waals surface area contributed by atoms with Crippen molar-refractivity contribution < 1.29 is 0 Å². The molecule has 0 aromatic heterocycles. The highest BCUT2D eigenvalue weighted by Gasteiger charge is 2.05. The minimum Gasteiger partial charge on any atom is -0.0813 e. The van der Waals surface area contributed by atoms with Gasteiger partial charge in [-0.05, 0) is 31.1 Å². The van der Waals surface area contributed by atoms with E-state index in [4.69, 9.17) is 0 Å². The average molecular weight is 164 g/mol. The molecule has 0 nitrogen and oxygen atoms in total. The predicted octanol–water partition coefficient (Wildman–Crippen LogP) is 4.09. The van der Waals surface area contributed by atoms with E-state index in [2.05, 4.69) is 39.0 Å². The maximum absolute atomic E-state index is 2.38. The van der Waals surface area contributed by atoms with E-state index in [1.165, 1.54) is 31.3 Å². The maximum Gasteiger partial charge on any atom is -0.0200 e. The fraction of sp³-hybridized carbons (Fsp3) is 0.667. The fourth-order valence-electron chi connectivity index (χ4n) is 1.37. The van der Waals surface area contributed by atoms with Crippen LogP contribution in [-0.4, -0.2) is 0 Å². The number of hydrogen-bond acceptors (Lipinski definition) is 0. The van der Waals surface area contributed by atoms with Crippen LogP contribution in [0.5, 0.6) is 0 Å². The van der Waals surface area contributed by atoms with Crippen molar-refractivity contribution in [3.8, 4) is 0 Å². The second-order valence-corrected chi connectivity index (χ2v) is 4.72. The van der Waals surface area contributed by atoms with Gasteiger partial charge in [0, 0.05) is 0 Å². The van der Waals surface area contributed by atoms with Gasteiger partial charge in [0.1, 0.15) is 0 Å². The van der Waals surface area contributed by atoms with E-state index in [0.29, 0.717) is 5.41 Å². The molecule has 1 rings (SSSR count). The van der Waals surface area contributed by atoms with Crippen LogP contribution in [0.4, 0.5) is 0 Å². The molecule has 1 aliphatic rings. The molecule has 0 unspecified atom stereocenters. The number of rotatable bonds is 1. The molecule has 68 valence electrons. The molecule has 0 fully saturated rings. The Kier molecular flexibility index (Phi) is 3.13. The Balaban J connectivity index is 2.49. The first-order valence-corrected chi connectivity index (χ1v) is 4.96. The summed E-state index contributed by atoms with van der Waals surface area (Å²) in [5.41, 5.74) is 1.87. The molecule has 0 aliphatic heterocycles. The normalized spacial score (nSPS) is 19.8. The lowest BCUT2D eigenvalue weighted by Crippen LogP contribution is -1.99. The van der Waals surface area contributed by atoms with Crippen LogP contribution in [0.15, 0.2) is 23.8 Å². The molecule has 0 saturated heterocycles. The summed E-state index contributed by atoms with van der Waals surface area (Å²) in [6.45, 7) is 6.73. The quantitative estimate of drug-likeness (QED) is 0.547. The van der Waals surface area contributed by atoms with Gasteiger partial charge in [-0.3, -0.25) is 0 Å². The third kappa shape index (κ3) is 3.75. The Labute approximate surface area is 76.4 Å². The SMILES string of the molecule is CC(C)(C)/C=C/C1=CCCCC1. The van der Waals surface area contributed by atoms with E-state index in [1.54, 1.807) is 0 Å². The summed E-state index contributed by atoms with van der Waals surface area (Å²) in [6.07, 6.45) is 12.3. The van der Waals surface area contributed by atoms with E-state index in [-0.39, 0.29) is 0 Å². The fourth-order valence-corrected chi connectivity index (χ4v) is 1.37. The van der Waals surface area contributed by atoms with Crippen LogP contribution in [-0.2, 0) is 0 Å². The lowest BCUT2D eigenvalue weighted by Gasteiger charge is -2.13. The lowest BCUT2D eigenvalue weighted by atomic mass is 9.92. The second kappa shape index (κ2) is 3.93. The highest BCUT2D eigenvalue weighted by Crippen LogP contribution is 2.21. The van der Waals surface area contributed by atoms with Crippen molar-refractivity contribution in [3.05, 3.63) is 23.8 Å². The monoisotopic (exact) mass is 164 g/mol. The van der Waals surface area contributed by atoms with Crippen molar-refractivity contribution in [1.82, 2.24) is 0 Å². The van der Waals surface area contributed by atoms with Gasteiger partial charge in [0.2, 0.25) is 0 Å². The van der Waals surface area contributed by atoms with Gasteiger partial charge < -0.3 is 0 Å². The lowest BCUT2D eigenvalue weighted by molar-refractivity contribution is 0.543. The van der Waals surface area contributed by atoms with Crippen molar-refractivity contribution in [2.45, 2.75) is 46.5 Å². The van der Waals surface area contributed by atoms with Gasteiger partial charge in [0.25, 0.3) is 0 Å². The molecular formula is C12H20. The van der Waals surface area contributed by atoms with Crippen LogP contribution in [0.3, 0.4) is 0 Å². The molecule has 12 heavy (non-hydrogen) atoms. The molecule has 0 heterocycles. The van der Waals surface area contributed by atoms with E-state index in [1.807, 2.05) is 0 Å². The van der Waals surface area contributed by atoms with E-state index >= 15 is 0 Å². The van der Waals surface area contributed by atoms with Gasteiger partial charge >= 0.3 is 0 Å². The first kappa shape index (κ1) is 9.57. The van der Waals surface area contributed by atoms with Crippen molar-refractivity contribution in [3.63, 3.8) is 0 Å². The molecule has 0 bridgehead atoms. The maximum atomic E-state index is 2.38. The zero-order valence-corrected chi connectivity index (χ0v) is 8.56. The van der Waals surface area contributed by atoms with Gasteiger partial charge in [-0.25, -0.2) is 0 Å². The summed E-state index contributed by atoms with van der Waals surface area (Å²) in [5.74, 6) is 0. The molecule has 0 atom stereocenters. The van der Waals surface area contributed by atoms with Crippen molar-refractivity contribution >= 4 is 0 Å². The van der Waals surface area contributed by atoms with Crippen molar-refractivity contribution in [2.75, 3.05) is 0 Å². The molecule has 0 spiro atoms. The zero-order chi connectivity index (χ0) is 9.03. The first-order chi connectivity index (χ1) is 5.58. The molecule has 0 heteroatoms. The van der Waals surface area contributed by atoms with Gasteiger partial charge in [-0.1, -0.05) is 44.6 Å². The standard InChI is InChI=1S/C12H20/c1-12(2,3)10-9-11-7-5-4-6-8-11/h7,9-10H,4-6,8H2,1-3H3/b10-9+. The Morgan fingerprint density at radius 3 is 2.50 bits per heavy atom. The second-order valence-electron chi connectivity index (χ2n) is 4.72. The van der Waals surface area contributed by atoms with Crippen LogP contribution in [0.2, 0.25) is 0 Å². The van der Waals surface area contributed by atoms with E-state index in [9.17, 15) is 0 Å². The third-order valence-electron chi connectivity index (χ3n) is 2.12. The Morgan fingerprint density at radius 2 is 2.00 bits per heavy atom. The van der Waals surface area contributed by atoms with Crippen molar-refractivity contribution in [2.24, 2.45) is 5.41 Å². The number of allylic oxidation sites excluding steroid dienone is 4. The average Bonchev–Trinajstić information content (AvgIpc) is 2.02. The smallest absolute Gasteiger partial charge is 0.0200 e. The van der Waals surface area contributed by atoms with E-state index < -0.39 is 0 Å². The van der Waals surface area contributed by atoms with Crippen LogP contribution in [0.25, 0.3) is 0 Å². The van der Waals surface area contributed by atoms with Gasteiger partial charge in [-0.15, -0.1) is 0 Å². The highest BCUT2D eigenvalue weighted by molar-refractivity contribution is 5.21. The van der Waals surface area contributed by atoms with Gasteiger partial charge in [0.15, 0.2) is 0 Å². The van der Waals surface area contributed by atoms with Crippen LogP contribution < -0.4 is 0 Å². The predicted molar refractivity (Wildman–Crippen MR) is 55.1 cm³/mol. The third-order valence-corrected chi connectivity index (χ3v) is 2.12. The summed E-state index contributed by atoms with van der Waals surface area (Å²) in [6, 6.07) is 0. The molecular weight excluding hydrogens is 144 g/mol. The van der Waals surface area contributed by atoms with E-state index in [0.717, 1.165) is 0 Å². The molecule has 0 amide bonds.